The number of aromatic nitrogens is 3. The zero-order chi connectivity index (χ0) is 26.8. The van der Waals surface area contributed by atoms with Crippen LogP contribution in [0.15, 0.2) is 48.5 Å². The molecule has 2 unspecified atom stereocenters. The molecule has 2 bridgehead atoms. The molecule has 9 heteroatoms. The predicted octanol–water partition coefficient (Wildman–Crippen LogP) is 4.45. The van der Waals surface area contributed by atoms with Gasteiger partial charge in [-0.1, -0.05) is 24.3 Å². The first-order valence-corrected chi connectivity index (χ1v) is 14.5. The molecule has 4 fully saturated rings. The summed E-state index contributed by atoms with van der Waals surface area (Å²) >= 11 is 0. The lowest BCUT2D eigenvalue weighted by Gasteiger charge is -2.34. The van der Waals surface area contributed by atoms with Crippen molar-refractivity contribution in [3.8, 4) is 23.0 Å². The molecule has 4 aliphatic rings. The van der Waals surface area contributed by atoms with Crippen LogP contribution in [0.25, 0.3) is 33.1 Å². The van der Waals surface area contributed by atoms with E-state index in [0.29, 0.717) is 43.3 Å². The maximum absolute atomic E-state index is 14.4. The van der Waals surface area contributed by atoms with Gasteiger partial charge in [0.2, 0.25) is 0 Å². The van der Waals surface area contributed by atoms with Crippen LogP contribution in [0.5, 0.6) is 11.8 Å². The summed E-state index contributed by atoms with van der Waals surface area (Å²) in [7, 11) is 0. The van der Waals surface area contributed by atoms with Crippen LogP contribution in [0, 0.1) is 0 Å². The highest BCUT2D eigenvalue weighted by atomic mass is 19.1. The molecule has 2 N–H and O–H groups in total. The molecule has 4 aliphatic heterocycles. The minimum atomic E-state index is -0.811. The molecular formula is C31H33FN6O2. The van der Waals surface area contributed by atoms with Crippen LogP contribution in [0.3, 0.4) is 0 Å². The third-order valence-electron chi connectivity index (χ3n) is 9.39. The number of hydrogen-bond acceptors (Lipinski definition) is 8. The Bertz CT molecular complexity index is 1600. The molecule has 0 radical (unpaired) electrons. The molecule has 4 saturated heterocycles. The highest BCUT2D eigenvalue weighted by molar-refractivity contribution is 5.98. The molecule has 8 rings (SSSR count). The first kappa shape index (κ1) is 24.3. The first-order chi connectivity index (χ1) is 19.5. The number of rotatable bonds is 5. The van der Waals surface area contributed by atoms with E-state index in [1.807, 2.05) is 36.4 Å². The van der Waals surface area contributed by atoms with Crippen molar-refractivity contribution in [1.29, 1.82) is 0 Å². The minimum absolute atomic E-state index is 0.197. The third-order valence-corrected chi connectivity index (χ3v) is 9.39. The van der Waals surface area contributed by atoms with E-state index < -0.39 is 6.17 Å². The van der Waals surface area contributed by atoms with Crippen LogP contribution in [-0.2, 0) is 0 Å². The summed E-state index contributed by atoms with van der Waals surface area (Å²) in [4.78, 5) is 19.4. The molecular weight excluding hydrogens is 507 g/mol. The number of nitrogens with one attached hydrogen (secondary N) is 1. The fourth-order valence-corrected chi connectivity index (χ4v) is 7.55. The first-order valence-electron chi connectivity index (χ1n) is 14.5. The van der Waals surface area contributed by atoms with Gasteiger partial charge in [0.05, 0.1) is 16.6 Å². The van der Waals surface area contributed by atoms with Gasteiger partial charge in [0.1, 0.15) is 24.3 Å². The number of halogens is 1. The normalized spacial score (nSPS) is 28.0. The Morgan fingerprint density at radius 3 is 2.73 bits per heavy atom. The predicted molar refractivity (Wildman–Crippen MR) is 153 cm³/mol. The summed E-state index contributed by atoms with van der Waals surface area (Å²) in [6.07, 6.45) is 4.03. The van der Waals surface area contributed by atoms with Crippen molar-refractivity contribution >= 4 is 27.6 Å². The fourth-order valence-electron chi connectivity index (χ4n) is 7.55. The molecule has 206 valence electrons. The van der Waals surface area contributed by atoms with E-state index in [9.17, 15) is 9.50 Å². The van der Waals surface area contributed by atoms with Gasteiger partial charge >= 0.3 is 6.01 Å². The molecule has 0 saturated carbocycles. The smallest absolute Gasteiger partial charge is 0.320 e. The highest BCUT2D eigenvalue weighted by Crippen LogP contribution is 2.41. The molecule has 0 amide bonds. The number of hydrogen-bond donors (Lipinski definition) is 2. The Morgan fingerprint density at radius 1 is 1.00 bits per heavy atom. The molecule has 8 nitrogen and oxygen atoms in total. The number of pyridine rings is 1. The topological polar surface area (TPSA) is 86.6 Å². The second-order valence-electron chi connectivity index (χ2n) is 12.0. The lowest BCUT2D eigenvalue weighted by Crippen LogP contribution is -2.51. The van der Waals surface area contributed by atoms with Crippen molar-refractivity contribution in [1.82, 2.24) is 25.2 Å². The quantitative estimate of drug-likeness (QED) is 0.384. The van der Waals surface area contributed by atoms with Crippen LogP contribution >= 0.6 is 0 Å². The van der Waals surface area contributed by atoms with Gasteiger partial charge in [-0.2, -0.15) is 9.97 Å². The van der Waals surface area contributed by atoms with Crippen molar-refractivity contribution in [3.05, 3.63) is 48.5 Å². The average molecular weight is 541 g/mol. The van der Waals surface area contributed by atoms with Gasteiger partial charge < -0.3 is 20.1 Å². The zero-order valence-electron chi connectivity index (χ0n) is 22.4. The maximum Gasteiger partial charge on any atom is 0.320 e. The minimum Gasteiger partial charge on any atom is -0.508 e. The van der Waals surface area contributed by atoms with Gasteiger partial charge in [-0.25, -0.2) is 9.37 Å². The van der Waals surface area contributed by atoms with E-state index in [1.54, 1.807) is 12.1 Å². The number of alkyl halides is 1. The number of nitrogens with zero attached hydrogens (tertiary/aromatic N) is 5. The van der Waals surface area contributed by atoms with Gasteiger partial charge in [-0.05, 0) is 67.3 Å². The number of ether oxygens (including phenoxy) is 1. The molecule has 4 aromatic rings. The largest absolute Gasteiger partial charge is 0.508 e. The zero-order valence-corrected chi connectivity index (χ0v) is 22.4. The van der Waals surface area contributed by atoms with Crippen LogP contribution in [0.4, 0.5) is 10.2 Å². The Kier molecular flexibility index (Phi) is 5.60. The Morgan fingerprint density at radius 2 is 1.85 bits per heavy atom. The molecule has 40 heavy (non-hydrogen) atoms. The van der Waals surface area contributed by atoms with Crippen molar-refractivity contribution < 1.29 is 14.2 Å². The molecule has 4 atom stereocenters. The summed E-state index contributed by atoms with van der Waals surface area (Å²) in [5.41, 5.74) is 1.86. The number of benzene rings is 2. The van der Waals surface area contributed by atoms with E-state index in [4.69, 9.17) is 19.7 Å². The van der Waals surface area contributed by atoms with E-state index in [-0.39, 0.29) is 11.3 Å². The number of piperazine rings is 1. The second-order valence-corrected chi connectivity index (χ2v) is 12.0. The van der Waals surface area contributed by atoms with Crippen LogP contribution in [0.2, 0.25) is 0 Å². The van der Waals surface area contributed by atoms with Crippen LogP contribution in [0.1, 0.15) is 32.1 Å². The lowest BCUT2D eigenvalue weighted by atomic mass is 9.95. The van der Waals surface area contributed by atoms with Gasteiger partial charge in [-0.3, -0.25) is 4.90 Å². The fraction of sp³-hybridized carbons (Fsp3) is 0.452. The summed E-state index contributed by atoms with van der Waals surface area (Å²) in [6.45, 7) is 3.53. The lowest BCUT2D eigenvalue weighted by molar-refractivity contribution is 0.107. The Labute approximate surface area is 232 Å². The van der Waals surface area contributed by atoms with Gasteiger partial charge in [0, 0.05) is 43.7 Å². The molecule has 2 aromatic heterocycles. The van der Waals surface area contributed by atoms with Crippen molar-refractivity contribution in [3.63, 3.8) is 0 Å². The Hall–Kier alpha value is -3.56. The molecule has 0 spiro atoms. The third kappa shape index (κ3) is 4.06. The number of aromatic hydroxyl groups is 1. The summed E-state index contributed by atoms with van der Waals surface area (Å²) in [5.74, 6) is 1.04. The Balaban J connectivity index is 1.21. The summed E-state index contributed by atoms with van der Waals surface area (Å²) < 4.78 is 20.7. The summed E-state index contributed by atoms with van der Waals surface area (Å²) in [5, 5.41) is 17.0. The van der Waals surface area contributed by atoms with E-state index in [1.165, 1.54) is 12.8 Å². The molecule has 0 aliphatic carbocycles. The van der Waals surface area contributed by atoms with Crippen LogP contribution in [-0.4, -0.2) is 81.5 Å². The van der Waals surface area contributed by atoms with Gasteiger partial charge in [0.15, 0.2) is 5.65 Å². The van der Waals surface area contributed by atoms with Crippen molar-refractivity contribution in [2.24, 2.45) is 0 Å². The number of anilines is 1. The molecule has 2 aromatic carbocycles. The molecule has 6 heterocycles. The number of phenols is 1. The number of fused-ring (bicyclic) bond motifs is 5. The van der Waals surface area contributed by atoms with Gasteiger partial charge in [-0.15, -0.1) is 0 Å². The van der Waals surface area contributed by atoms with Gasteiger partial charge in [0.25, 0.3) is 0 Å². The average Bonchev–Trinajstić information content (AvgIpc) is 3.60. The summed E-state index contributed by atoms with van der Waals surface area (Å²) in [6, 6.07) is 16.7. The van der Waals surface area contributed by atoms with Crippen molar-refractivity contribution in [2.75, 3.05) is 37.7 Å². The van der Waals surface area contributed by atoms with E-state index >= 15 is 0 Å². The van der Waals surface area contributed by atoms with Crippen LogP contribution < -0.4 is 15.0 Å². The van der Waals surface area contributed by atoms with Crippen molar-refractivity contribution in [2.45, 2.75) is 55.9 Å². The second kappa shape index (κ2) is 9.24. The standard InChI is InChI=1S/C31H33FN6O2/c32-20-14-31(10-3-11-38(31)15-20)18-40-30-35-28-25(29(36-30)37-16-21-6-7-22(17-37)33-21)8-9-27(34-28)26-13-23(39)12-19-4-1-2-5-24(19)26/h1-2,4-5,8-9,12-13,20-22,33,39H,3,6-7,10-11,14-18H2/t20-,21?,22?,31+/m1/s1. The van der Waals surface area contributed by atoms with E-state index in [0.717, 1.165) is 65.7 Å². The van der Waals surface area contributed by atoms with E-state index in [2.05, 4.69) is 15.1 Å². The monoisotopic (exact) mass is 540 g/mol. The maximum atomic E-state index is 14.4. The highest BCUT2D eigenvalue weighted by Gasteiger charge is 2.49. The SMILES string of the molecule is Oc1cc(-c2ccc3c(N4CC5CCC(C4)N5)nc(OC[C@@]45CCCN4C[C@H](F)C5)nc3n2)c2ccccc2c1. The number of phenolic OH excluding ortho intramolecular Hbond substituents is 1.